The highest BCUT2D eigenvalue weighted by Crippen LogP contribution is 2.20. The summed E-state index contributed by atoms with van der Waals surface area (Å²) in [5.74, 6) is -1.35. The molecule has 0 fully saturated rings. The van der Waals surface area contributed by atoms with Crippen LogP contribution in [0.15, 0.2) is 62.2 Å². The van der Waals surface area contributed by atoms with Gasteiger partial charge in [0.05, 0.1) is 0 Å². The van der Waals surface area contributed by atoms with E-state index in [1.807, 2.05) is 0 Å². The lowest BCUT2D eigenvalue weighted by Crippen LogP contribution is -2.20. The number of ether oxygens (including phenoxy) is 1. The van der Waals surface area contributed by atoms with Gasteiger partial charge in [-0.15, -0.1) is 0 Å². The molecule has 1 aromatic heterocycles. The van der Waals surface area contributed by atoms with Gasteiger partial charge < -0.3 is 19.6 Å². The van der Waals surface area contributed by atoms with Crippen LogP contribution in [0.4, 0.5) is 5.69 Å². The Morgan fingerprint density at radius 3 is 2.54 bits per heavy atom. The summed E-state index contributed by atoms with van der Waals surface area (Å²) in [5.41, 5.74) is -0.0540. The van der Waals surface area contributed by atoms with Gasteiger partial charge in [-0.3, -0.25) is 4.79 Å². The molecule has 8 heteroatoms. The van der Waals surface area contributed by atoms with Crippen LogP contribution >= 0.6 is 15.9 Å². The summed E-state index contributed by atoms with van der Waals surface area (Å²) >= 11 is 3.33. The normalized spacial score (nSPS) is 10.5. The molecule has 0 aliphatic rings. The van der Waals surface area contributed by atoms with E-state index in [-0.39, 0.29) is 5.56 Å². The predicted molar refractivity (Wildman–Crippen MR) is 97.7 cm³/mol. The Kier molecular flexibility index (Phi) is 5.04. The minimum absolute atomic E-state index is 0.123. The number of carboxylic acids is 1. The third kappa shape index (κ3) is 4.09. The molecular formula is C18H12BrNO6. The van der Waals surface area contributed by atoms with E-state index in [0.717, 1.165) is 4.47 Å². The van der Waals surface area contributed by atoms with E-state index in [0.29, 0.717) is 22.4 Å². The Labute approximate surface area is 155 Å². The second-order valence-corrected chi connectivity index (χ2v) is 6.21. The number of aliphatic carboxylic acids is 1. The SMILES string of the molecule is O=C(O)COc1ccc(NC(=O)c2cc3cc(Br)ccc3oc2=O)cc1. The summed E-state index contributed by atoms with van der Waals surface area (Å²) in [7, 11) is 0. The van der Waals surface area contributed by atoms with Gasteiger partial charge >= 0.3 is 11.6 Å². The number of carboxylic acid groups (broad SMARTS) is 1. The van der Waals surface area contributed by atoms with Crippen molar-refractivity contribution in [2.24, 2.45) is 0 Å². The maximum atomic E-state index is 12.4. The third-order valence-electron chi connectivity index (χ3n) is 3.41. The van der Waals surface area contributed by atoms with Crippen molar-refractivity contribution in [3.8, 4) is 5.75 Å². The van der Waals surface area contributed by atoms with Crippen molar-refractivity contribution in [2.45, 2.75) is 0 Å². The molecule has 3 aromatic rings. The van der Waals surface area contributed by atoms with E-state index < -0.39 is 24.1 Å². The summed E-state index contributed by atoms with van der Waals surface area (Å²) in [4.78, 5) is 34.9. The number of carbonyl (C=O) groups is 2. The van der Waals surface area contributed by atoms with E-state index in [1.54, 1.807) is 18.2 Å². The molecule has 0 atom stereocenters. The predicted octanol–water partition coefficient (Wildman–Crippen LogP) is 3.27. The van der Waals surface area contributed by atoms with Gasteiger partial charge in [-0.1, -0.05) is 15.9 Å². The van der Waals surface area contributed by atoms with Gasteiger partial charge in [-0.2, -0.15) is 0 Å². The molecule has 1 amide bonds. The van der Waals surface area contributed by atoms with Crippen LogP contribution in [0.25, 0.3) is 11.0 Å². The number of amides is 1. The van der Waals surface area contributed by atoms with Crippen molar-refractivity contribution in [1.82, 2.24) is 0 Å². The molecule has 0 saturated heterocycles. The Hall–Kier alpha value is -3.13. The van der Waals surface area contributed by atoms with Gasteiger partial charge in [0.1, 0.15) is 16.9 Å². The van der Waals surface area contributed by atoms with E-state index >= 15 is 0 Å². The molecule has 132 valence electrons. The highest BCUT2D eigenvalue weighted by atomic mass is 79.9. The molecule has 0 aliphatic heterocycles. The van der Waals surface area contributed by atoms with Gasteiger partial charge in [0.25, 0.3) is 5.91 Å². The standard InChI is InChI=1S/C18H12BrNO6/c19-11-1-6-15-10(7-11)8-14(18(24)26-15)17(23)20-12-2-4-13(5-3-12)25-9-16(21)22/h1-8H,9H2,(H,20,23)(H,21,22). The number of halogens is 1. The van der Waals surface area contributed by atoms with Gasteiger partial charge in [-0.25, -0.2) is 9.59 Å². The van der Waals surface area contributed by atoms with E-state index in [9.17, 15) is 14.4 Å². The van der Waals surface area contributed by atoms with Crippen LogP contribution < -0.4 is 15.7 Å². The number of benzene rings is 2. The number of hydrogen-bond acceptors (Lipinski definition) is 5. The first-order valence-electron chi connectivity index (χ1n) is 7.42. The summed E-state index contributed by atoms with van der Waals surface area (Å²) in [6.45, 7) is -0.459. The first-order chi connectivity index (χ1) is 12.4. The van der Waals surface area contributed by atoms with Crippen LogP contribution in [0, 0.1) is 0 Å². The smallest absolute Gasteiger partial charge is 0.349 e. The van der Waals surface area contributed by atoms with Crippen molar-refractivity contribution >= 4 is 44.5 Å². The van der Waals surface area contributed by atoms with Crippen molar-refractivity contribution in [3.05, 3.63) is 69.0 Å². The second kappa shape index (κ2) is 7.40. The largest absolute Gasteiger partial charge is 0.482 e. The van der Waals surface area contributed by atoms with Crippen LogP contribution in [0.1, 0.15) is 10.4 Å². The summed E-state index contributed by atoms with van der Waals surface area (Å²) < 4.78 is 11.0. The average molecular weight is 418 g/mol. The van der Waals surface area contributed by atoms with Crippen molar-refractivity contribution in [1.29, 1.82) is 0 Å². The number of rotatable bonds is 5. The first-order valence-corrected chi connectivity index (χ1v) is 8.21. The van der Waals surface area contributed by atoms with Gasteiger partial charge in [0.15, 0.2) is 6.61 Å². The zero-order valence-electron chi connectivity index (χ0n) is 13.2. The molecule has 3 rings (SSSR count). The molecule has 0 spiro atoms. The Bertz CT molecular complexity index is 1040. The highest BCUT2D eigenvalue weighted by Gasteiger charge is 2.14. The molecule has 0 aliphatic carbocycles. The average Bonchev–Trinajstić information content (AvgIpc) is 2.60. The summed E-state index contributed by atoms with van der Waals surface area (Å²) in [5, 5.41) is 11.8. The fourth-order valence-electron chi connectivity index (χ4n) is 2.23. The lowest BCUT2D eigenvalue weighted by atomic mass is 10.1. The number of nitrogens with one attached hydrogen (secondary N) is 1. The van der Waals surface area contributed by atoms with E-state index in [2.05, 4.69) is 21.2 Å². The zero-order chi connectivity index (χ0) is 18.7. The summed E-state index contributed by atoms with van der Waals surface area (Å²) in [6.07, 6.45) is 0. The Morgan fingerprint density at radius 1 is 1.12 bits per heavy atom. The number of carbonyl (C=O) groups excluding carboxylic acids is 1. The molecule has 1 heterocycles. The molecule has 26 heavy (non-hydrogen) atoms. The van der Waals surface area contributed by atoms with E-state index in [1.165, 1.54) is 30.3 Å². The van der Waals surface area contributed by atoms with Gasteiger partial charge in [0.2, 0.25) is 0 Å². The lowest BCUT2D eigenvalue weighted by Gasteiger charge is -2.07. The second-order valence-electron chi connectivity index (χ2n) is 5.29. The van der Waals surface area contributed by atoms with Crippen LogP contribution in [0.2, 0.25) is 0 Å². The number of fused-ring (bicyclic) bond motifs is 1. The van der Waals surface area contributed by atoms with E-state index in [4.69, 9.17) is 14.3 Å². The Morgan fingerprint density at radius 2 is 1.85 bits per heavy atom. The van der Waals surface area contributed by atoms with Crippen molar-refractivity contribution in [2.75, 3.05) is 11.9 Å². The monoisotopic (exact) mass is 417 g/mol. The van der Waals surface area contributed by atoms with Crippen LogP contribution in [0.3, 0.4) is 0 Å². The zero-order valence-corrected chi connectivity index (χ0v) is 14.8. The quantitative estimate of drug-likeness (QED) is 0.617. The first kappa shape index (κ1) is 17.7. The van der Waals surface area contributed by atoms with Crippen molar-refractivity contribution in [3.63, 3.8) is 0 Å². The molecule has 7 nitrogen and oxygen atoms in total. The molecule has 2 N–H and O–H groups in total. The summed E-state index contributed by atoms with van der Waals surface area (Å²) in [6, 6.07) is 12.7. The third-order valence-corrected chi connectivity index (χ3v) is 3.91. The number of anilines is 1. The molecule has 0 radical (unpaired) electrons. The molecule has 0 bridgehead atoms. The van der Waals surface area contributed by atoms with Gasteiger partial charge in [-0.05, 0) is 48.5 Å². The molecule has 0 unspecified atom stereocenters. The fraction of sp³-hybridized carbons (Fsp3) is 0.0556. The fourth-order valence-corrected chi connectivity index (χ4v) is 2.61. The minimum atomic E-state index is -1.09. The highest BCUT2D eigenvalue weighted by molar-refractivity contribution is 9.10. The maximum absolute atomic E-state index is 12.4. The lowest BCUT2D eigenvalue weighted by molar-refractivity contribution is -0.139. The topological polar surface area (TPSA) is 106 Å². The van der Waals surface area contributed by atoms with Crippen LogP contribution in [0.5, 0.6) is 5.75 Å². The molecule has 0 saturated carbocycles. The number of hydrogen-bond donors (Lipinski definition) is 2. The van der Waals surface area contributed by atoms with Crippen LogP contribution in [-0.2, 0) is 4.79 Å². The maximum Gasteiger partial charge on any atom is 0.349 e. The minimum Gasteiger partial charge on any atom is -0.482 e. The van der Waals surface area contributed by atoms with Crippen molar-refractivity contribution < 1.29 is 23.8 Å². The van der Waals surface area contributed by atoms with Crippen LogP contribution in [-0.4, -0.2) is 23.6 Å². The van der Waals surface area contributed by atoms with Gasteiger partial charge in [0, 0.05) is 15.5 Å². The Balaban J connectivity index is 1.79. The molecular weight excluding hydrogens is 406 g/mol. The molecule has 2 aromatic carbocycles.